The van der Waals surface area contributed by atoms with Crippen LogP contribution < -0.4 is 5.32 Å². The average Bonchev–Trinajstić information content (AvgIpc) is 2.63. The van der Waals surface area contributed by atoms with E-state index in [1.807, 2.05) is 13.8 Å². The lowest BCUT2D eigenvalue weighted by atomic mass is 9.98. The minimum atomic E-state index is -0.418. The largest absolute Gasteiger partial charge is 0.394 e. The van der Waals surface area contributed by atoms with E-state index in [9.17, 15) is 4.79 Å². The average molecular weight is 200 g/mol. The maximum absolute atomic E-state index is 12.0. The summed E-state index contributed by atoms with van der Waals surface area (Å²) in [6.07, 6.45) is 1.93. The number of nitrogens with one attached hydrogen (secondary N) is 1. The summed E-state index contributed by atoms with van der Waals surface area (Å²) in [4.78, 5) is 13.6. The fraction of sp³-hybridized carbons (Fsp3) is 0.900. The van der Waals surface area contributed by atoms with Crippen LogP contribution in [-0.4, -0.2) is 47.7 Å². The molecule has 2 atom stereocenters. The molecule has 1 rings (SSSR count). The molecule has 1 fully saturated rings. The van der Waals surface area contributed by atoms with Crippen molar-refractivity contribution in [3.05, 3.63) is 0 Å². The van der Waals surface area contributed by atoms with Crippen molar-refractivity contribution in [3.8, 4) is 0 Å². The topological polar surface area (TPSA) is 52.6 Å². The smallest absolute Gasteiger partial charge is 0.242 e. The lowest BCUT2D eigenvalue weighted by Crippen LogP contribution is -2.54. The number of hydrogen-bond donors (Lipinski definition) is 2. The van der Waals surface area contributed by atoms with Crippen molar-refractivity contribution in [2.45, 2.75) is 38.3 Å². The molecule has 82 valence electrons. The van der Waals surface area contributed by atoms with Crippen LogP contribution in [0.5, 0.6) is 0 Å². The van der Waals surface area contributed by atoms with E-state index in [-0.39, 0.29) is 18.6 Å². The van der Waals surface area contributed by atoms with Crippen LogP contribution in [0.3, 0.4) is 0 Å². The molecule has 1 saturated heterocycles. The Morgan fingerprint density at radius 2 is 2.36 bits per heavy atom. The molecule has 0 bridgehead atoms. The highest BCUT2D eigenvalue weighted by Gasteiger charge is 2.38. The number of carbonyl (C=O) groups is 1. The maximum Gasteiger partial charge on any atom is 0.242 e. The Hall–Kier alpha value is -0.610. The molecule has 4 heteroatoms. The molecule has 1 aliphatic rings. The Morgan fingerprint density at radius 3 is 2.79 bits per heavy atom. The van der Waals surface area contributed by atoms with Crippen molar-refractivity contribution < 1.29 is 9.90 Å². The maximum atomic E-state index is 12.0. The Bertz CT molecular complexity index is 212. The number of aliphatic hydroxyl groups excluding tert-OH is 1. The van der Waals surface area contributed by atoms with Crippen molar-refractivity contribution in [3.63, 3.8) is 0 Å². The van der Waals surface area contributed by atoms with E-state index >= 15 is 0 Å². The third-order valence-corrected chi connectivity index (χ3v) is 3.09. The molecule has 0 saturated carbocycles. The number of aliphatic hydroxyl groups is 1. The van der Waals surface area contributed by atoms with E-state index in [0.717, 1.165) is 19.4 Å². The van der Waals surface area contributed by atoms with Gasteiger partial charge < -0.3 is 15.3 Å². The zero-order valence-corrected chi connectivity index (χ0v) is 9.21. The van der Waals surface area contributed by atoms with Crippen LogP contribution >= 0.6 is 0 Å². The van der Waals surface area contributed by atoms with Gasteiger partial charge in [-0.1, -0.05) is 0 Å². The van der Waals surface area contributed by atoms with Gasteiger partial charge in [-0.2, -0.15) is 0 Å². The Labute approximate surface area is 85.3 Å². The minimum Gasteiger partial charge on any atom is -0.394 e. The molecule has 2 N–H and O–H groups in total. The van der Waals surface area contributed by atoms with Crippen molar-refractivity contribution >= 4 is 5.91 Å². The van der Waals surface area contributed by atoms with Crippen LogP contribution in [0.15, 0.2) is 0 Å². The Balaban J connectivity index is 2.63. The van der Waals surface area contributed by atoms with Gasteiger partial charge in [0.2, 0.25) is 5.91 Å². The molecule has 1 amide bonds. The third-order valence-electron chi connectivity index (χ3n) is 3.09. The highest BCUT2D eigenvalue weighted by Crippen LogP contribution is 2.21. The van der Waals surface area contributed by atoms with Crippen LogP contribution in [0, 0.1) is 0 Å². The third kappa shape index (κ3) is 2.07. The number of carbonyl (C=O) groups excluding carboxylic acids is 1. The minimum absolute atomic E-state index is 0.0122. The van der Waals surface area contributed by atoms with Gasteiger partial charge in [0, 0.05) is 7.05 Å². The first-order valence-electron chi connectivity index (χ1n) is 5.14. The van der Waals surface area contributed by atoms with Gasteiger partial charge in [0.25, 0.3) is 0 Å². The monoisotopic (exact) mass is 200 g/mol. The number of likely N-dealkylation sites (N-methyl/N-ethyl adjacent to an activating group) is 1. The summed E-state index contributed by atoms with van der Waals surface area (Å²) in [7, 11) is 1.74. The second kappa shape index (κ2) is 4.28. The first-order chi connectivity index (χ1) is 6.51. The molecular weight excluding hydrogens is 180 g/mol. The first kappa shape index (κ1) is 11.5. The molecule has 0 aromatic heterocycles. The second-order valence-electron chi connectivity index (χ2n) is 4.31. The van der Waals surface area contributed by atoms with E-state index in [2.05, 4.69) is 5.32 Å². The molecule has 4 nitrogen and oxygen atoms in total. The molecule has 2 unspecified atom stereocenters. The van der Waals surface area contributed by atoms with Crippen molar-refractivity contribution in [1.29, 1.82) is 0 Å². The summed E-state index contributed by atoms with van der Waals surface area (Å²) in [5.41, 5.74) is -0.418. The Morgan fingerprint density at radius 1 is 1.71 bits per heavy atom. The first-order valence-corrected chi connectivity index (χ1v) is 5.14. The highest BCUT2D eigenvalue weighted by atomic mass is 16.3. The van der Waals surface area contributed by atoms with E-state index in [0.29, 0.717) is 0 Å². The normalized spacial score (nSPS) is 28.9. The SMILES string of the molecule is CC(CO)N(C)C(=O)C1(C)CCCN1. The van der Waals surface area contributed by atoms with Crippen LogP contribution in [0.1, 0.15) is 26.7 Å². The van der Waals surface area contributed by atoms with Crippen molar-refractivity contribution in [2.24, 2.45) is 0 Å². The summed E-state index contributed by atoms with van der Waals surface area (Å²) in [6.45, 7) is 4.70. The summed E-state index contributed by atoms with van der Waals surface area (Å²) < 4.78 is 0. The summed E-state index contributed by atoms with van der Waals surface area (Å²) in [6, 6.07) is -0.110. The van der Waals surface area contributed by atoms with Crippen LogP contribution in [0.4, 0.5) is 0 Å². The second-order valence-corrected chi connectivity index (χ2v) is 4.31. The zero-order chi connectivity index (χ0) is 10.8. The zero-order valence-electron chi connectivity index (χ0n) is 9.21. The van der Waals surface area contributed by atoms with Crippen LogP contribution in [-0.2, 0) is 4.79 Å². The number of rotatable bonds is 3. The van der Waals surface area contributed by atoms with Gasteiger partial charge in [0.15, 0.2) is 0 Å². The van der Waals surface area contributed by atoms with Gasteiger partial charge in [-0.3, -0.25) is 4.79 Å². The Kier molecular flexibility index (Phi) is 3.50. The molecule has 0 spiro atoms. The standard InChI is InChI=1S/C10H20N2O2/c1-8(7-13)12(3)9(14)10(2)5-4-6-11-10/h8,11,13H,4-7H2,1-3H3. The van der Waals surface area contributed by atoms with Crippen LogP contribution in [0.2, 0.25) is 0 Å². The lowest BCUT2D eigenvalue weighted by molar-refractivity contribution is -0.138. The van der Waals surface area contributed by atoms with Gasteiger partial charge >= 0.3 is 0 Å². The quantitative estimate of drug-likeness (QED) is 0.672. The number of hydrogen-bond acceptors (Lipinski definition) is 3. The molecule has 14 heavy (non-hydrogen) atoms. The summed E-state index contributed by atoms with van der Waals surface area (Å²) in [5, 5.41) is 12.2. The van der Waals surface area contributed by atoms with Crippen LogP contribution in [0.25, 0.3) is 0 Å². The van der Waals surface area contributed by atoms with Gasteiger partial charge in [-0.05, 0) is 33.2 Å². The highest BCUT2D eigenvalue weighted by molar-refractivity contribution is 5.86. The molecule has 0 aromatic rings. The summed E-state index contributed by atoms with van der Waals surface area (Å²) in [5.74, 6) is 0.0801. The fourth-order valence-electron chi connectivity index (χ4n) is 1.79. The fourth-order valence-corrected chi connectivity index (χ4v) is 1.79. The van der Waals surface area contributed by atoms with Crippen molar-refractivity contribution in [2.75, 3.05) is 20.2 Å². The van der Waals surface area contributed by atoms with E-state index in [1.54, 1.807) is 11.9 Å². The molecule has 1 heterocycles. The van der Waals surface area contributed by atoms with E-state index < -0.39 is 5.54 Å². The van der Waals surface area contributed by atoms with Gasteiger partial charge in [0.1, 0.15) is 0 Å². The molecule has 0 radical (unpaired) electrons. The molecule has 1 aliphatic heterocycles. The predicted octanol–water partition coefficient (Wildman–Crippen LogP) is -0.0323. The molecular formula is C10H20N2O2. The van der Waals surface area contributed by atoms with Gasteiger partial charge in [0.05, 0.1) is 18.2 Å². The van der Waals surface area contributed by atoms with Crippen molar-refractivity contribution in [1.82, 2.24) is 10.2 Å². The number of nitrogens with zero attached hydrogens (tertiary/aromatic N) is 1. The van der Waals surface area contributed by atoms with E-state index in [4.69, 9.17) is 5.11 Å². The predicted molar refractivity (Wildman–Crippen MR) is 55.0 cm³/mol. The van der Waals surface area contributed by atoms with E-state index in [1.165, 1.54) is 0 Å². The molecule has 0 aliphatic carbocycles. The van der Waals surface area contributed by atoms with Gasteiger partial charge in [-0.25, -0.2) is 0 Å². The van der Waals surface area contributed by atoms with Gasteiger partial charge in [-0.15, -0.1) is 0 Å². The number of amides is 1. The summed E-state index contributed by atoms with van der Waals surface area (Å²) >= 11 is 0. The molecule has 0 aromatic carbocycles. The lowest BCUT2D eigenvalue weighted by Gasteiger charge is -2.32.